The van der Waals surface area contributed by atoms with Gasteiger partial charge in [-0.05, 0) is 56.1 Å². The van der Waals surface area contributed by atoms with Crippen LogP contribution in [0.15, 0.2) is 24.3 Å². The lowest BCUT2D eigenvalue weighted by Crippen LogP contribution is -2.51. The molecule has 6 heteroatoms. The SMILES string of the molecule is CN(C(=O)C1CC2CCCC(C1)C2N)C1CCN(c2ccccc2F)C1=O. The molecule has 4 rings (SSSR count). The van der Waals surface area contributed by atoms with Crippen molar-refractivity contribution < 1.29 is 14.0 Å². The lowest BCUT2D eigenvalue weighted by Gasteiger charge is -2.44. The first-order valence-electron chi connectivity index (χ1n) is 10.1. The quantitative estimate of drug-likeness (QED) is 0.885. The van der Waals surface area contributed by atoms with Crippen molar-refractivity contribution in [2.75, 3.05) is 18.5 Å². The van der Waals surface area contributed by atoms with Gasteiger partial charge in [0.2, 0.25) is 11.8 Å². The third kappa shape index (κ3) is 3.24. The van der Waals surface area contributed by atoms with Gasteiger partial charge in [-0.15, -0.1) is 0 Å². The summed E-state index contributed by atoms with van der Waals surface area (Å²) in [5.41, 5.74) is 6.64. The first kappa shape index (κ1) is 18.4. The van der Waals surface area contributed by atoms with E-state index in [2.05, 4.69) is 0 Å². The maximum atomic E-state index is 14.1. The molecule has 3 fully saturated rings. The molecule has 0 spiro atoms. The van der Waals surface area contributed by atoms with Gasteiger partial charge in [-0.2, -0.15) is 0 Å². The first-order chi connectivity index (χ1) is 13.0. The molecule has 1 aromatic rings. The lowest BCUT2D eigenvalue weighted by molar-refractivity contribution is -0.142. The van der Waals surface area contributed by atoms with Crippen molar-refractivity contribution in [2.24, 2.45) is 23.5 Å². The van der Waals surface area contributed by atoms with Crippen LogP contribution in [0.25, 0.3) is 0 Å². The highest BCUT2D eigenvalue weighted by molar-refractivity contribution is 6.01. The fraction of sp³-hybridized carbons (Fsp3) is 0.619. The second-order valence-corrected chi connectivity index (χ2v) is 8.39. The van der Waals surface area contributed by atoms with E-state index in [9.17, 15) is 14.0 Å². The summed E-state index contributed by atoms with van der Waals surface area (Å²) in [6, 6.07) is 6.01. The van der Waals surface area contributed by atoms with Crippen LogP contribution in [0.2, 0.25) is 0 Å². The predicted molar refractivity (Wildman–Crippen MR) is 101 cm³/mol. The maximum absolute atomic E-state index is 14.1. The average molecular weight is 373 g/mol. The molecular formula is C21H28FN3O2. The Balaban J connectivity index is 1.45. The second kappa shape index (κ2) is 7.23. The Morgan fingerprint density at radius 1 is 1.19 bits per heavy atom. The molecule has 0 aromatic heterocycles. The van der Waals surface area contributed by atoms with Gasteiger partial charge in [0.15, 0.2) is 0 Å². The van der Waals surface area contributed by atoms with Crippen molar-refractivity contribution in [3.63, 3.8) is 0 Å². The van der Waals surface area contributed by atoms with Crippen molar-refractivity contribution in [2.45, 2.75) is 50.6 Å². The minimum absolute atomic E-state index is 0.0413. The van der Waals surface area contributed by atoms with Gasteiger partial charge in [0.25, 0.3) is 0 Å². The van der Waals surface area contributed by atoms with Gasteiger partial charge in [0, 0.05) is 25.6 Å². The van der Waals surface area contributed by atoms with Crippen LogP contribution in [0.5, 0.6) is 0 Å². The van der Waals surface area contributed by atoms with E-state index in [0.29, 0.717) is 30.5 Å². The number of rotatable bonds is 3. The monoisotopic (exact) mass is 373 g/mol. The highest BCUT2D eigenvalue weighted by Crippen LogP contribution is 2.42. The molecule has 1 aromatic carbocycles. The van der Waals surface area contributed by atoms with Gasteiger partial charge in [-0.3, -0.25) is 9.59 Å². The van der Waals surface area contributed by atoms with Crippen LogP contribution in [-0.2, 0) is 9.59 Å². The Kier molecular flexibility index (Phi) is 4.93. The number of nitrogens with two attached hydrogens (primary N) is 1. The number of benzene rings is 1. The zero-order valence-electron chi connectivity index (χ0n) is 15.8. The summed E-state index contributed by atoms with van der Waals surface area (Å²) in [6.45, 7) is 0.433. The van der Waals surface area contributed by atoms with E-state index in [1.54, 1.807) is 30.1 Å². The van der Waals surface area contributed by atoms with Crippen molar-refractivity contribution in [1.29, 1.82) is 0 Å². The summed E-state index contributed by atoms with van der Waals surface area (Å²) < 4.78 is 14.1. The summed E-state index contributed by atoms with van der Waals surface area (Å²) in [4.78, 5) is 29.1. The van der Waals surface area contributed by atoms with Crippen molar-refractivity contribution in [3.8, 4) is 0 Å². The predicted octanol–water partition coefficient (Wildman–Crippen LogP) is 2.54. The number of nitrogens with zero attached hydrogens (tertiary/aromatic N) is 2. The van der Waals surface area contributed by atoms with Crippen molar-refractivity contribution in [1.82, 2.24) is 4.90 Å². The van der Waals surface area contributed by atoms with E-state index in [1.165, 1.54) is 17.4 Å². The van der Waals surface area contributed by atoms with Gasteiger partial charge >= 0.3 is 0 Å². The molecular weight excluding hydrogens is 345 g/mol. The van der Waals surface area contributed by atoms with E-state index in [0.717, 1.165) is 25.7 Å². The maximum Gasteiger partial charge on any atom is 0.249 e. The summed E-state index contributed by atoms with van der Waals surface area (Å²) in [6.07, 6.45) is 5.62. The lowest BCUT2D eigenvalue weighted by atomic mass is 9.65. The van der Waals surface area contributed by atoms with Gasteiger partial charge < -0.3 is 15.5 Å². The molecule has 3 unspecified atom stereocenters. The van der Waals surface area contributed by atoms with Crippen molar-refractivity contribution >= 4 is 17.5 Å². The largest absolute Gasteiger partial charge is 0.333 e. The van der Waals surface area contributed by atoms with Crippen LogP contribution >= 0.6 is 0 Å². The van der Waals surface area contributed by atoms with Crippen LogP contribution < -0.4 is 10.6 Å². The highest BCUT2D eigenvalue weighted by Gasteiger charge is 2.44. The highest BCUT2D eigenvalue weighted by atomic mass is 19.1. The smallest absolute Gasteiger partial charge is 0.249 e. The Hall–Kier alpha value is -1.95. The number of amides is 2. The van der Waals surface area contributed by atoms with E-state index in [4.69, 9.17) is 5.73 Å². The normalized spacial score (nSPS) is 33.2. The number of para-hydroxylation sites is 1. The Bertz CT molecular complexity index is 726. The number of hydrogen-bond donors (Lipinski definition) is 1. The molecule has 2 bridgehead atoms. The van der Waals surface area contributed by atoms with Crippen LogP contribution in [0.3, 0.4) is 0 Å². The van der Waals surface area contributed by atoms with Crippen LogP contribution in [-0.4, -0.2) is 42.4 Å². The first-order valence-corrected chi connectivity index (χ1v) is 10.1. The number of carbonyl (C=O) groups is 2. The molecule has 1 heterocycles. The van der Waals surface area contributed by atoms with Gasteiger partial charge in [0.05, 0.1) is 5.69 Å². The number of likely N-dealkylation sites (N-methyl/N-ethyl adjacent to an activating group) is 1. The molecule has 27 heavy (non-hydrogen) atoms. The third-order valence-corrected chi connectivity index (χ3v) is 6.90. The second-order valence-electron chi connectivity index (χ2n) is 8.39. The van der Waals surface area contributed by atoms with Gasteiger partial charge in [-0.1, -0.05) is 18.6 Å². The average Bonchev–Trinajstić information content (AvgIpc) is 3.02. The van der Waals surface area contributed by atoms with Crippen molar-refractivity contribution in [3.05, 3.63) is 30.1 Å². The minimum atomic E-state index is -0.507. The number of hydrogen-bond acceptors (Lipinski definition) is 3. The molecule has 1 aliphatic heterocycles. The number of anilines is 1. The number of carbonyl (C=O) groups excluding carboxylic acids is 2. The molecule has 1 saturated heterocycles. The molecule has 146 valence electrons. The van der Waals surface area contributed by atoms with E-state index < -0.39 is 11.9 Å². The van der Waals surface area contributed by atoms with Gasteiger partial charge in [-0.25, -0.2) is 4.39 Å². The van der Waals surface area contributed by atoms with Crippen LogP contribution in [0.4, 0.5) is 10.1 Å². The molecule has 2 N–H and O–H groups in total. The topological polar surface area (TPSA) is 66.6 Å². The summed E-state index contributed by atoms with van der Waals surface area (Å²) in [5.74, 6) is 0.259. The van der Waals surface area contributed by atoms with E-state index >= 15 is 0 Å². The molecule has 2 aliphatic carbocycles. The third-order valence-electron chi connectivity index (χ3n) is 6.90. The Morgan fingerprint density at radius 3 is 2.52 bits per heavy atom. The number of fused-ring (bicyclic) bond motifs is 2. The molecule has 0 radical (unpaired) electrons. The Labute approximate surface area is 159 Å². The van der Waals surface area contributed by atoms with E-state index in [1.807, 2.05) is 0 Å². The summed E-state index contributed by atoms with van der Waals surface area (Å²) in [7, 11) is 1.72. The molecule has 3 atom stereocenters. The molecule has 2 amide bonds. The zero-order valence-corrected chi connectivity index (χ0v) is 15.8. The summed E-state index contributed by atoms with van der Waals surface area (Å²) >= 11 is 0. The summed E-state index contributed by atoms with van der Waals surface area (Å²) in [5, 5.41) is 0. The van der Waals surface area contributed by atoms with Crippen LogP contribution in [0.1, 0.15) is 38.5 Å². The van der Waals surface area contributed by atoms with E-state index in [-0.39, 0.29) is 23.8 Å². The molecule has 3 aliphatic rings. The minimum Gasteiger partial charge on any atom is -0.333 e. The number of halogens is 1. The fourth-order valence-corrected chi connectivity index (χ4v) is 5.37. The Morgan fingerprint density at radius 2 is 1.85 bits per heavy atom. The standard InChI is InChI=1S/C21H28FN3O2/c1-24(20(26)15-11-13-5-4-6-14(12-15)19(13)23)18-9-10-25(21(18)27)17-8-3-2-7-16(17)22/h2-3,7-8,13-15,18-19H,4-6,9-12,23H2,1H3. The van der Waals surface area contributed by atoms with Gasteiger partial charge in [0.1, 0.15) is 11.9 Å². The zero-order chi connectivity index (χ0) is 19.1. The molecule has 5 nitrogen and oxygen atoms in total. The van der Waals surface area contributed by atoms with Crippen LogP contribution in [0, 0.1) is 23.6 Å². The fourth-order valence-electron chi connectivity index (χ4n) is 5.37. The molecule has 2 saturated carbocycles.